The molecule has 0 radical (unpaired) electrons. The lowest BCUT2D eigenvalue weighted by molar-refractivity contribution is -0.117. The minimum atomic E-state index is -0.238. The second-order valence-corrected chi connectivity index (χ2v) is 9.34. The van der Waals surface area contributed by atoms with Crippen LogP contribution in [0.15, 0.2) is 78.9 Å². The molecule has 33 heavy (non-hydrogen) atoms. The summed E-state index contributed by atoms with van der Waals surface area (Å²) in [6, 6.07) is 24.3. The molecule has 0 saturated heterocycles. The number of rotatable bonds is 5. The van der Waals surface area contributed by atoms with Crippen molar-refractivity contribution >= 4 is 39.8 Å². The molecule has 0 unspecified atom stereocenters. The fraction of sp³-hybridized carbons (Fsp3) is 0.185. The Kier molecular flexibility index (Phi) is 5.92. The molecule has 4 aromatic rings. The van der Waals surface area contributed by atoms with E-state index in [1.54, 1.807) is 24.3 Å². The molecule has 1 aromatic heterocycles. The summed E-state index contributed by atoms with van der Waals surface area (Å²) in [6.45, 7) is 6.09. The fourth-order valence-corrected chi connectivity index (χ4v) is 3.76. The standard InChI is InChI=1S/C27H28N4O2/c1-27(2,3)17-25(32)29-21-13-14-23-18(15-21)16-24(31(23)22-7-5-4-6-8-22)26(33)30-20-11-9-19(28)10-12-20/h4-16H,17,28H2,1-3H3,(H,29,32)(H,30,33). The topological polar surface area (TPSA) is 89.2 Å². The van der Waals surface area contributed by atoms with E-state index in [1.807, 2.05) is 79.9 Å². The predicted octanol–water partition coefficient (Wildman–Crippen LogP) is 5.84. The van der Waals surface area contributed by atoms with Gasteiger partial charge in [-0.1, -0.05) is 39.0 Å². The Labute approximate surface area is 193 Å². The number of hydrogen-bond acceptors (Lipinski definition) is 3. The molecule has 6 heteroatoms. The van der Waals surface area contributed by atoms with Crippen molar-refractivity contribution in [2.75, 3.05) is 16.4 Å². The number of carbonyl (C=O) groups excluding carboxylic acids is 2. The summed E-state index contributed by atoms with van der Waals surface area (Å²) in [5.74, 6) is -0.274. The van der Waals surface area contributed by atoms with Crippen LogP contribution in [0.3, 0.4) is 0 Å². The molecular formula is C27H28N4O2. The van der Waals surface area contributed by atoms with E-state index in [4.69, 9.17) is 5.73 Å². The average molecular weight is 441 g/mol. The minimum Gasteiger partial charge on any atom is -0.399 e. The van der Waals surface area contributed by atoms with Gasteiger partial charge in [-0.3, -0.25) is 9.59 Å². The lowest BCUT2D eigenvalue weighted by Gasteiger charge is -2.17. The van der Waals surface area contributed by atoms with E-state index >= 15 is 0 Å². The molecule has 0 spiro atoms. The molecule has 0 fully saturated rings. The summed E-state index contributed by atoms with van der Waals surface area (Å²) in [4.78, 5) is 25.7. The number of nitrogen functional groups attached to an aromatic ring is 1. The zero-order valence-corrected chi connectivity index (χ0v) is 19.1. The third kappa shape index (κ3) is 5.23. The number of nitrogens with zero attached hydrogens (tertiary/aromatic N) is 1. The van der Waals surface area contributed by atoms with E-state index in [1.165, 1.54) is 0 Å². The van der Waals surface area contributed by atoms with Gasteiger partial charge in [-0.05, 0) is 66.1 Å². The average Bonchev–Trinajstić information content (AvgIpc) is 3.13. The Morgan fingerprint density at radius 2 is 1.52 bits per heavy atom. The van der Waals surface area contributed by atoms with Crippen LogP contribution in [0.2, 0.25) is 0 Å². The van der Waals surface area contributed by atoms with Crippen molar-refractivity contribution in [3.63, 3.8) is 0 Å². The van der Waals surface area contributed by atoms with Crippen LogP contribution < -0.4 is 16.4 Å². The van der Waals surface area contributed by atoms with Gasteiger partial charge in [0.15, 0.2) is 0 Å². The molecule has 4 N–H and O–H groups in total. The molecular weight excluding hydrogens is 412 g/mol. The molecule has 0 atom stereocenters. The Morgan fingerprint density at radius 3 is 2.18 bits per heavy atom. The third-order valence-electron chi connectivity index (χ3n) is 5.19. The summed E-state index contributed by atoms with van der Waals surface area (Å²) in [5, 5.41) is 6.77. The second-order valence-electron chi connectivity index (χ2n) is 9.34. The second kappa shape index (κ2) is 8.82. The number of anilines is 3. The van der Waals surface area contributed by atoms with Crippen LogP contribution in [-0.4, -0.2) is 16.4 Å². The van der Waals surface area contributed by atoms with Gasteiger partial charge >= 0.3 is 0 Å². The maximum absolute atomic E-state index is 13.2. The lowest BCUT2D eigenvalue weighted by Crippen LogP contribution is -2.19. The van der Waals surface area contributed by atoms with Gasteiger partial charge in [-0.15, -0.1) is 0 Å². The molecule has 0 aliphatic rings. The molecule has 0 aliphatic heterocycles. The molecule has 6 nitrogen and oxygen atoms in total. The van der Waals surface area contributed by atoms with Crippen LogP contribution in [0.25, 0.3) is 16.6 Å². The first-order valence-corrected chi connectivity index (χ1v) is 10.9. The first-order valence-electron chi connectivity index (χ1n) is 10.9. The van der Waals surface area contributed by atoms with E-state index in [9.17, 15) is 9.59 Å². The maximum Gasteiger partial charge on any atom is 0.272 e. The van der Waals surface area contributed by atoms with E-state index in [2.05, 4.69) is 10.6 Å². The SMILES string of the molecule is CC(C)(C)CC(=O)Nc1ccc2c(c1)cc(C(=O)Nc1ccc(N)cc1)n2-c1ccccc1. The summed E-state index contributed by atoms with van der Waals surface area (Å²) < 4.78 is 1.92. The van der Waals surface area contributed by atoms with Gasteiger partial charge in [0.2, 0.25) is 5.91 Å². The van der Waals surface area contributed by atoms with Gasteiger partial charge in [0.05, 0.1) is 5.52 Å². The Hall–Kier alpha value is -4.06. The molecule has 1 heterocycles. The first kappa shape index (κ1) is 22.1. The van der Waals surface area contributed by atoms with Crippen molar-refractivity contribution in [1.82, 2.24) is 4.57 Å². The van der Waals surface area contributed by atoms with Crippen molar-refractivity contribution in [3.05, 3.63) is 84.6 Å². The molecule has 0 saturated carbocycles. The van der Waals surface area contributed by atoms with Gasteiger partial charge in [-0.2, -0.15) is 0 Å². The van der Waals surface area contributed by atoms with Crippen molar-refractivity contribution < 1.29 is 9.59 Å². The van der Waals surface area contributed by atoms with Crippen LogP contribution in [0, 0.1) is 5.41 Å². The zero-order valence-electron chi connectivity index (χ0n) is 19.1. The highest BCUT2D eigenvalue weighted by Crippen LogP contribution is 2.28. The molecule has 0 aliphatic carbocycles. The van der Waals surface area contributed by atoms with Gasteiger partial charge in [0.25, 0.3) is 5.91 Å². The fourth-order valence-electron chi connectivity index (χ4n) is 3.76. The Morgan fingerprint density at radius 1 is 0.848 bits per heavy atom. The van der Waals surface area contributed by atoms with Gasteiger partial charge in [0, 0.05) is 34.6 Å². The van der Waals surface area contributed by atoms with Crippen LogP contribution in [0.1, 0.15) is 37.7 Å². The number of benzene rings is 3. The normalized spacial score (nSPS) is 11.4. The molecule has 0 bridgehead atoms. The smallest absolute Gasteiger partial charge is 0.272 e. The highest BCUT2D eigenvalue weighted by Gasteiger charge is 2.19. The molecule has 3 aromatic carbocycles. The summed E-state index contributed by atoms with van der Waals surface area (Å²) in [5.41, 5.74) is 9.89. The quantitative estimate of drug-likeness (QED) is 0.341. The van der Waals surface area contributed by atoms with E-state index in [-0.39, 0.29) is 17.2 Å². The number of nitrogens with two attached hydrogens (primary N) is 1. The molecule has 2 amide bonds. The van der Waals surface area contributed by atoms with Crippen molar-refractivity contribution in [1.29, 1.82) is 0 Å². The van der Waals surface area contributed by atoms with Crippen LogP contribution in [-0.2, 0) is 4.79 Å². The number of hydrogen-bond donors (Lipinski definition) is 3. The van der Waals surface area contributed by atoms with Crippen LogP contribution >= 0.6 is 0 Å². The number of nitrogens with one attached hydrogen (secondary N) is 2. The summed E-state index contributed by atoms with van der Waals surface area (Å²) in [7, 11) is 0. The largest absolute Gasteiger partial charge is 0.399 e. The van der Waals surface area contributed by atoms with Crippen molar-refractivity contribution in [2.45, 2.75) is 27.2 Å². The van der Waals surface area contributed by atoms with E-state index in [0.717, 1.165) is 16.6 Å². The molecule has 4 rings (SSSR count). The maximum atomic E-state index is 13.2. The third-order valence-corrected chi connectivity index (χ3v) is 5.19. The Balaban J connectivity index is 1.72. The van der Waals surface area contributed by atoms with Gasteiger partial charge in [0.1, 0.15) is 5.69 Å². The predicted molar refractivity (Wildman–Crippen MR) is 135 cm³/mol. The summed E-state index contributed by atoms with van der Waals surface area (Å²) >= 11 is 0. The lowest BCUT2D eigenvalue weighted by atomic mass is 9.92. The zero-order chi connectivity index (χ0) is 23.6. The van der Waals surface area contributed by atoms with Crippen LogP contribution in [0.5, 0.6) is 0 Å². The number of carbonyl (C=O) groups is 2. The van der Waals surface area contributed by atoms with Crippen molar-refractivity contribution in [2.24, 2.45) is 5.41 Å². The van der Waals surface area contributed by atoms with E-state index in [0.29, 0.717) is 29.2 Å². The number of fused-ring (bicyclic) bond motifs is 1. The molecule has 168 valence electrons. The van der Waals surface area contributed by atoms with Gasteiger partial charge < -0.3 is 20.9 Å². The minimum absolute atomic E-state index is 0.0364. The highest BCUT2D eigenvalue weighted by atomic mass is 16.2. The monoisotopic (exact) mass is 440 g/mol. The Bertz CT molecular complexity index is 1300. The highest BCUT2D eigenvalue weighted by molar-refractivity contribution is 6.07. The first-order chi connectivity index (χ1) is 15.7. The number of para-hydroxylation sites is 1. The number of aromatic nitrogens is 1. The number of amides is 2. The van der Waals surface area contributed by atoms with E-state index < -0.39 is 0 Å². The van der Waals surface area contributed by atoms with Gasteiger partial charge in [-0.25, -0.2) is 0 Å². The van der Waals surface area contributed by atoms with Crippen LogP contribution in [0.4, 0.5) is 17.1 Å². The van der Waals surface area contributed by atoms with Crippen molar-refractivity contribution in [3.8, 4) is 5.69 Å². The summed E-state index contributed by atoms with van der Waals surface area (Å²) in [6.07, 6.45) is 0.422.